The van der Waals surface area contributed by atoms with Crippen LogP contribution in [0.25, 0.3) is 0 Å². The fourth-order valence-electron chi connectivity index (χ4n) is 4.53. The zero-order valence-electron chi connectivity index (χ0n) is 18.0. The van der Waals surface area contributed by atoms with Crippen LogP contribution >= 0.6 is 0 Å². The van der Waals surface area contributed by atoms with Crippen LogP contribution in [0.1, 0.15) is 50.7 Å². The van der Waals surface area contributed by atoms with E-state index in [9.17, 15) is 14.0 Å². The molecule has 0 bridgehead atoms. The van der Waals surface area contributed by atoms with E-state index in [1.807, 2.05) is 30.3 Å². The highest BCUT2D eigenvalue weighted by molar-refractivity contribution is 6.04. The van der Waals surface area contributed by atoms with Crippen LogP contribution in [0.4, 0.5) is 4.39 Å². The average Bonchev–Trinajstić information content (AvgIpc) is 2.71. The van der Waals surface area contributed by atoms with Gasteiger partial charge in [-0.05, 0) is 42.0 Å². The summed E-state index contributed by atoms with van der Waals surface area (Å²) in [6, 6.07) is 15.5. The average molecular weight is 419 g/mol. The van der Waals surface area contributed by atoms with Gasteiger partial charge in [0, 0.05) is 29.3 Å². The second kappa shape index (κ2) is 8.14. The number of benzene rings is 2. The van der Waals surface area contributed by atoms with E-state index in [2.05, 4.69) is 19.2 Å². The van der Waals surface area contributed by atoms with Gasteiger partial charge in [-0.25, -0.2) is 9.18 Å². The fourth-order valence-corrected chi connectivity index (χ4v) is 4.53. The molecular formula is C26H26FNO3. The SMILES string of the molecule is CC1=C(C(=O)OCc2ccccc2)[C@@H](c2cccc(F)c2)C2=C(CC(C)(C)CC2=O)N1. The number of rotatable bonds is 4. The Hall–Kier alpha value is -3.21. The molecule has 4 nitrogen and oxygen atoms in total. The third-order valence-corrected chi connectivity index (χ3v) is 5.85. The first kappa shape index (κ1) is 21.0. The number of dihydropyridines is 1. The van der Waals surface area contributed by atoms with Crippen molar-refractivity contribution < 1.29 is 18.7 Å². The Morgan fingerprint density at radius 2 is 1.87 bits per heavy atom. The lowest BCUT2D eigenvalue weighted by atomic mass is 9.68. The summed E-state index contributed by atoms with van der Waals surface area (Å²) in [6.07, 6.45) is 1.06. The Bertz CT molecular complexity index is 1100. The van der Waals surface area contributed by atoms with Gasteiger partial charge in [0.25, 0.3) is 0 Å². The zero-order valence-corrected chi connectivity index (χ0v) is 18.0. The van der Waals surface area contributed by atoms with E-state index in [4.69, 9.17) is 4.74 Å². The quantitative estimate of drug-likeness (QED) is 0.695. The molecule has 0 unspecified atom stereocenters. The highest BCUT2D eigenvalue weighted by Crippen LogP contribution is 2.46. The Balaban J connectivity index is 1.74. The molecule has 0 aromatic heterocycles. The smallest absolute Gasteiger partial charge is 0.337 e. The minimum atomic E-state index is -0.654. The summed E-state index contributed by atoms with van der Waals surface area (Å²) in [6.45, 7) is 6.03. The number of ketones is 1. The highest BCUT2D eigenvalue weighted by Gasteiger charge is 2.43. The molecule has 0 fully saturated rings. The van der Waals surface area contributed by atoms with Gasteiger partial charge in [0.2, 0.25) is 0 Å². The van der Waals surface area contributed by atoms with Crippen LogP contribution in [0.5, 0.6) is 0 Å². The number of hydrogen-bond donors (Lipinski definition) is 1. The number of nitrogens with one attached hydrogen (secondary N) is 1. The van der Waals surface area contributed by atoms with E-state index in [0.29, 0.717) is 35.2 Å². The standard InChI is InChI=1S/C26H26FNO3/c1-16-22(25(30)31-15-17-8-5-4-6-9-17)23(18-10-7-11-19(27)12-18)24-20(28-16)13-26(2,3)14-21(24)29/h4-12,23,28H,13-15H2,1-3H3/t23-/m1/s1. The van der Waals surface area contributed by atoms with Crippen LogP contribution in [-0.4, -0.2) is 11.8 Å². The van der Waals surface area contributed by atoms with Crippen LogP contribution in [0, 0.1) is 11.2 Å². The van der Waals surface area contributed by atoms with Gasteiger partial charge in [-0.1, -0.05) is 56.3 Å². The van der Waals surface area contributed by atoms with Gasteiger partial charge < -0.3 is 10.1 Å². The summed E-state index contributed by atoms with van der Waals surface area (Å²) in [7, 11) is 0. The lowest BCUT2D eigenvalue weighted by Crippen LogP contribution is -2.38. The molecule has 0 radical (unpaired) electrons. The number of Topliss-reactive ketones (excluding diaryl/α,β-unsaturated/α-hetero) is 1. The summed E-state index contributed by atoms with van der Waals surface area (Å²) in [4.78, 5) is 26.4. The number of allylic oxidation sites excluding steroid dienone is 3. The van der Waals surface area contributed by atoms with Gasteiger partial charge in [-0.2, -0.15) is 0 Å². The summed E-state index contributed by atoms with van der Waals surface area (Å²) >= 11 is 0. The molecule has 0 spiro atoms. The van der Waals surface area contributed by atoms with E-state index in [-0.39, 0.29) is 17.8 Å². The van der Waals surface area contributed by atoms with Crippen LogP contribution < -0.4 is 5.32 Å². The van der Waals surface area contributed by atoms with Crippen molar-refractivity contribution in [3.63, 3.8) is 0 Å². The second-order valence-corrected chi connectivity index (χ2v) is 9.05. The minimum absolute atomic E-state index is 0.0196. The Morgan fingerprint density at radius 3 is 2.58 bits per heavy atom. The van der Waals surface area contributed by atoms with Crippen molar-refractivity contribution >= 4 is 11.8 Å². The van der Waals surface area contributed by atoms with E-state index in [1.165, 1.54) is 12.1 Å². The molecule has 1 atom stereocenters. The monoisotopic (exact) mass is 419 g/mol. The first-order valence-electron chi connectivity index (χ1n) is 10.5. The summed E-state index contributed by atoms with van der Waals surface area (Å²) in [5, 5.41) is 3.29. The van der Waals surface area contributed by atoms with Gasteiger partial charge in [0.05, 0.1) is 5.57 Å². The number of halogens is 1. The van der Waals surface area contributed by atoms with E-state index < -0.39 is 17.7 Å². The molecule has 5 heteroatoms. The molecule has 0 amide bonds. The molecule has 2 aliphatic rings. The third-order valence-electron chi connectivity index (χ3n) is 5.85. The molecule has 4 rings (SSSR count). The van der Waals surface area contributed by atoms with Crippen molar-refractivity contribution in [2.45, 2.75) is 46.1 Å². The molecule has 160 valence electrons. The first-order valence-corrected chi connectivity index (χ1v) is 10.5. The van der Waals surface area contributed by atoms with Crippen molar-refractivity contribution in [2.24, 2.45) is 5.41 Å². The minimum Gasteiger partial charge on any atom is -0.457 e. The zero-order chi connectivity index (χ0) is 22.2. The van der Waals surface area contributed by atoms with Crippen molar-refractivity contribution in [1.29, 1.82) is 0 Å². The Kier molecular flexibility index (Phi) is 5.52. The Labute approximate surface area is 181 Å². The number of esters is 1. The normalized spacial score (nSPS) is 20.3. The summed E-state index contributed by atoms with van der Waals surface area (Å²) < 4.78 is 19.7. The number of carbonyl (C=O) groups excluding carboxylic acids is 2. The maximum Gasteiger partial charge on any atom is 0.337 e. The molecule has 1 aliphatic carbocycles. The van der Waals surface area contributed by atoms with Crippen LogP contribution in [0.15, 0.2) is 77.1 Å². The van der Waals surface area contributed by atoms with Gasteiger partial charge in [-0.3, -0.25) is 4.79 Å². The topological polar surface area (TPSA) is 55.4 Å². The maximum absolute atomic E-state index is 14.1. The predicted octanol–water partition coefficient (Wildman–Crippen LogP) is 5.17. The van der Waals surface area contributed by atoms with Crippen molar-refractivity contribution in [2.75, 3.05) is 0 Å². The number of carbonyl (C=O) groups is 2. The van der Waals surface area contributed by atoms with E-state index in [1.54, 1.807) is 19.1 Å². The molecule has 0 saturated heterocycles. The lowest BCUT2D eigenvalue weighted by molar-refractivity contribution is -0.140. The Morgan fingerprint density at radius 1 is 1.13 bits per heavy atom. The second-order valence-electron chi connectivity index (χ2n) is 9.05. The molecule has 2 aromatic carbocycles. The lowest BCUT2D eigenvalue weighted by Gasteiger charge is -2.39. The first-order chi connectivity index (χ1) is 14.7. The molecule has 1 heterocycles. The van der Waals surface area contributed by atoms with E-state index in [0.717, 1.165) is 11.3 Å². The highest BCUT2D eigenvalue weighted by atomic mass is 19.1. The number of ether oxygens (including phenoxy) is 1. The van der Waals surface area contributed by atoms with Crippen LogP contribution in [0.3, 0.4) is 0 Å². The summed E-state index contributed by atoms with van der Waals surface area (Å²) in [5.74, 6) is -1.59. The van der Waals surface area contributed by atoms with Crippen LogP contribution in [0.2, 0.25) is 0 Å². The fraction of sp³-hybridized carbons (Fsp3) is 0.308. The largest absolute Gasteiger partial charge is 0.457 e. The molecule has 0 saturated carbocycles. The molecule has 2 aromatic rings. The third kappa shape index (κ3) is 4.31. The summed E-state index contributed by atoms with van der Waals surface area (Å²) in [5.41, 5.74) is 3.62. The molecule has 1 N–H and O–H groups in total. The predicted molar refractivity (Wildman–Crippen MR) is 116 cm³/mol. The van der Waals surface area contributed by atoms with Gasteiger partial charge in [0.15, 0.2) is 5.78 Å². The van der Waals surface area contributed by atoms with Gasteiger partial charge >= 0.3 is 5.97 Å². The van der Waals surface area contributed by atoms with E-state index >= 15 is 0 Å². The molecule has 1 aliphatic heterocycles. The van der Waals surface area contributed by atoms with Crippen LogP contribution in [-0.2, 0) is 20.9 Å². The van der Waals surface area contributed by atoms with Gasteiger partial charge in [0.1, 0.15) is 12.4 Å². The molecular weight excluding hydrogens is 393 g/mol. The number of hydrogen-bond acceptors (Lipinski definition) is 4. The van der Waals surface area contributed by atoms with Crippen molar-refractivity contribution in [3.05, 3.63) is 94.1 Å². The van der Waals surface area contributed by atoms with Crippen molar-refractivity contribution in [1.82, 2.24) is 5.32 Å². The van der Waals surface area contributed by atoms with Gasteiger partial charge in [-0.15, -0.1) is 0 Å². The molecule has 31 heavy (non-hydrogen) atoms. The van der Waals surface area contributed by atoms with Crippen molar-refractivity contribution in [3.8, 4) is 0 Å². The maximum atomic E-state index is 14.1.